The van der Waals surface area contributed by atoms with E-state index in [0.717, 1.165) is 25.0 Å². The van der Waals surface area contributed by atoms with Crippen LogP contribution in [-0.2, 0) is 59.2 Å². The fraction of sp³-hybridized carbons (Fsp3) is 0.727. The molecule has 10 atom stereocenters. The number of carbonyl (C=O) groups is 12. The summed E-state index contributed by atoms with van der Waals surface area (Å²) in [7, 11) is 0. The maximum absolute atomic E-state index is 13.8. The Balaban J connectivity index is 1.37. The first-order valence-electron chi connectivity index (χ1n) is 35.0. The molecule has 22 N–H and O–H groups in total. The first-order valence-corrected chi connectivity index (χ1v) is 36.1. The summed E-state index contributed by atoms with van der Waals surface area (Å²) in [6, 6.07) is -1.35. The lowest BCUT2D eigenvalue weighted by Crippen LogP contribution is -2.58. The molecule has 0 aliphatic carbocycles. The number of urea groups is 1. The van der Waals surface area contributed by atoms with Crippen LogP contribution < -0.4 is 86.7 Å². The van der Waals surface area contributed by atoms with Crippen molar-refractivity contribution in [1.29, 1.82) is 0 Å². The third-order valence-electron chi connectivity index (χ3n) is 16.9. The van der Waals surface area contributed by atoms with E-state index in [1.54, 1.807) is 12.1 Å². The number of benzene rings is 1. The Hall–Kier alpha value is -7.35. The van der Waals surface area contributed by atoms with Crippen molar-refractivity contribution in [3.8, 4) is 5.75 Å². The minimum atomic E-state index is -1.21. The van der Waals surface area contributed by atoms with Gasteiger partial charge in [0, 0.05) is 49.9 Å². The number of phenolic OH excluding ortho intramolecular Hbond substituents is 1. The molecule has 0 spiro atoms. The number of hydrogen-bond donors (Lipinski definition) is 18. The quantitative estimate of drug-likeness (QED) is 0.0309. The Kier molecular flexibility index (Phi) is 42.5. The molecule has 1 aromatic rings. The first kappa shape index (κ1) is 83.9. The summed E-state index contributed by atoms with van der Waals surface area (Å²) < 4.78 is 0. The van der Waals surface area contributed by atoms with Gasteiger partial charge in [0.1, 0.15) is 48.0 Å². The molecular formula is C66H114N16O14S. The van der Waals surface area contributed by atoms with Crippen molar-refractivity contribution >= 4 is 82.8 Å². The zero-order valence-electron chi connectivity index (χ0n) is 57.0. The van der Waals surface area contributed by atoms with Gasteiger partial charge >= 0.3 is 12.0 Å². The number of aromatic hydroxyl groups is 1. The van der Waals surface area contributed by atoms with Crippen LogP contribution in [0.15, 0.2) is 24.3 Å². The van der Waals surface area contributed by atoms with Crippen LogP contribution in [0, 0.1) is 0 Å². The molecule has 12 amide bonds. The van der Waals surface area contributed by atoms with Crippen molar-refractivity contribution < 1.29 is 67.7 Å². The number of nitrogens with one attached hydrogen (secondary N) is 12. The topological polar surface area (TPSA) is 494 Å². The van der Waals surface area contributed by atoms with Gasteiger partial charge in [-0.3, -0.25) is 47.9 Å². The predicted molar refractivity (Wildman–Crippen MR) is 370 cm³/mol. The van der Waals surface area contributed by atoms with E-state index < -0.39 is 89.6 Å². The van der Waals surface area contributed by atoms with Crippen LogP contribution in [0.3, 0.4) is 0 Å². The zero-order valence-corrected chi connectivity index (χ0v) is 57.9. The van der Waals surface area contributed by atoms with Crippen molar-refractivity contribution in [2.45, 2.75) is 253 Å². The average molecular weight is 1390 g/mol. The number of unbranched alkanes of at least 4 members (excludes halogenated alkanes) is 10. The highest BCUT2D eigenvalue weighted by atomic mass is 32.2. The highest BCUT2D eigenvalue weighted by Gasteiger charge is 2.42. The van der Waals surface area contributed by atoms with E-state index in [-0.39, 0.29) is 99.5 Å². The van der Waals surface area contributed by atoms with Crippen LogP contribution in [-0.4, -0.2) is 192 Å². The largest absolute Gasteiger partial charge is 0.508 e. The number of nitrogens with two attached hydrogens (primary N) is 4. The standard InChI is InChI=1S/C66H114N16O14S/c1-43(74-62(91)49(26-11-16-35-69)79-60(89)44(2)75-63(92)50(27-12-17-36-70)80-64(93)48(25-10-15-34-68)76-57(87)41-45-22-21-23-46(83)40-45)59(88)78-47(24-9-14-33-67)61(90)73-39-19-3-5-30-54(84)71-37-18-4-6-32-56(86)77-51(65(94)95)28-13-20-38-72-55(85)31-8-7-29-53-58-52(42-97-53)81-66(96)82-58/h21-23,40,43-44,47-53,58,83H,3-20,24-39,41-42,67-70H2,1-2H3,(H,71,84)(H,72,85)(H,73,90)(H,74,91)(H,75,92)(H,76,87)(H,77,86)(H,78,88)(H,79,89)(H,80,93)(H,94,95)(H2,81,82,96)/t43-,44-,47-,48-,49-,50-,51-,52-,53-,58-/m0/s1. The molecule has 0 unspecified atom stereocenters. The van der Waals surface area contributed by atoms with E-state index in [2.05, 4.69) is 63.8 Å². The SMILES string of the molecule is C[C@H](NC(=O)[C@H](CCCCN)NC(=O)[C@H](C)NC(=O)[C@H](CCCCN)NC(=O)[C@H](CCCCN)NC(=O)Cc1cccc(O)c1)C(=O)N[C@@H](CCCCN)C(=O)NCCCCCC(=O)NCCCCCC(=O)N[C@@H](CCCCNC(=O)CCCC[C@@H]1SC[C@@H]2NC(=O)N[C@@H]21)C(=O)O. The first-order chi connectivity index (χ1) is 46.6. The number of hydrogen-bond acceptors (Lipinski definition) is 18. The van der Waals surface area contributed by atoms with Gasteiger partial charge in [0.25, 0.3) is 0 Å². The molecule has 0 bridgehead atoms. The molecule has 548 valence electrons. The molecule has 2 aliphatic heterocycles. The van der Waals surface area contributed by atoms with E-state index in [4.69, 9.17) is 22.9 Å². The molecule has 2 aliphatic rings. The van der Waals surface area contributed by atoms with Crippen molar-refractivity contribution in [1.82, 2.24) is 63.8 Å². The monoisotopic (exact) mass is 1390 g/mol. The molecule has 97 heavy (non-hydrogen) atoms. The number of rotatable bonds is 54. The molecular weight excluding hydrogens is 1270 g/mol. The van der Waals surface area contributed by atoms with Gasteiger partial charge in [-0.15, -0.1) is 0 Å². The Bertz CT molecular complexity index is 2630. The smallest absolute Gasteiger partial charge is 0.326 e. The number of aliphatic carboxylic acids is 1. The fourth-order valence-electron chi connectivity index (χ4n) is 11.2. The minimum Gasteiger partial charge on any atom is -0.508 e. The molecule has 3 rings (SSSR count). The lowest BCUT2D eigenvalue weighted by Gasteiger charge is -2.26. The van der Waals surface area contributed by atoms with Crippen LogP contribution >= 0.6 is 11.8 Å². The Labute approximate surface area is 575 Å². The van der Waals surface area contributed by atoms with E-state index in [1.165, 1.54) is 26.0 Å². The van der Waals surface area contributed by atoms with Crippen LogP contribution in [0.2, 0.25) is 0 Å². The maximum Gasteiger partial charge on any atom is 0.326 e. The molecule has 2 fully saturated rings. The second kappa shape index (κ2) is 49.2. The van der Waals surface area contributed by atoms with E-state index >= 15 is 0 Å². The van der Waals surface area contributed by atoms with E-state index in [0.29, 0.717) is 159 Å². The maximum atomic E-state index is 13.8. The number of thioether (sulfide) groups is 1. The highest BCUT2D eigenvalue weighted by molar-refractivity contribution is 8.00. The van der Waals surface area contributed by atoms with Crippen LogP contribution in [0.4, 0.5) is 4.79 Å². The highest BCUT2D eigenvalue weighted by Crippen LogP contribution is 2.33. The Morgan fingerprint density at radius 2 is 0.897 bits per heavy atom. The average Bonchev–Trinajstić information content (AvgIpc) is 1.68. The van der Waals surface area contributed by atoms with E-state index in [1.807, 2.05) is 11.8 Å². The second-order valence-electron chi connectivity index (χ2n) is 25.2. The molecule has 0 saturated carbocycles. The Morgan fingerprint density at radius 1 is 0.474 bits per heavy atom. The Morgan fingerprint density at radius 3 is 1.40 bits per heavy atom. The molecule has 0 radical (unpaired) electrons. The number of carbonyl (C=O) groups excluding carboxylic acids is 11. The van der Waals surface area contributed by atoms with Crippen molar-refractivity contribution in [2.75, 3.05) is 51.6 Å². The number of amides is 12. The van der Waals surface area contributed by atoms with Crippen LogP contribution in [0.25, 0.3) is 0 Å². The summed E-state index contributed by atoms with van der Waals surface area (Å²) in [6.07, 6.45) is 12.9. The molecule has 2 heterocycles. The summed E-state index contributed by atoms with van der Waals surface area (Å²) in [5.41, 5.74) is 23.4. The van der Waals surface area contributed by atoms with Gasteiger partial charge in [0.2, 0.25) is 59.1 Å². The molecule has 31 heteroatoms. The molecule has 30 nitrogen and oxygen atoms in total. The lowest BCUT2D eigenvalue weighted by molar-refractivity contribution is -0.142. The fourth-order valence-corrected chi connectivity index (χ4v) is 12.7. The van der Waals surface area contributed by atoms with Crippen LogP contribution in [0.5, 0.6) is 5.75 Å². The van der Waals surface area contributed by atoms with Gasteiger partial charge < -0.3 is 96.9 Å². The lowest BCUT2D eigenvalue weighted by atomic mass is 10.0. The molecule has 0 aromatic heterocycles. The summed E-state index contributed by atoms with van der Waals surface area (Å²) in [5, 5.41) is 53.2. The number of carboxylic acids is 1. The second-order valence-corrected chi connectivity index (χ2v) is 26.5. The zero-order chi connectivity index (χ0) is 71.3. The third-order valence-corrected chi connectivity index (χ3v) is 18.4. The summed E-state index contributed by atoms with van der Waals surface area (Å²) in [6.45, 7) is 5.30. The van der Waals surface area contributed by atoms with Crippen molar-refractivity contribution in [3.63, 3.8) is 0 Å². The summed E-state index contributed by atoms with van der Waals surface area (Å²) in [5.74, 6) is -5.14. The van der Waals surface area contributed by atoms with Gasteiger partial charge in [-0.1, -0.05) is 31.4 Å². The van der Waals surface area contributed by atoms with E-state index in [9.17, 15) is 67.7 Å². The molecule has 1 aromatic carbocycles. The summed E-state index contributed by atoms with van der Waals surface area (Å²) >= 11 is 1.84. The normalized spacial score (nSPS) is 16.8. The van der Waals surface area contributed by atoms with Gasteiger partial charge in [-0.2, -0.15) is 11.8 Å². The number of fused-ring (bicyclic) bond motifs is 1. The summed E-state index contributed by atoms with van der Waals surface area (Å²) in [4.78, 5) is 156. The van der Waals surface area contributed by atoms with Crippen LogP contribution in [0.1, 0.15) is 193 Å². The van der Waals surface area contributed by atoms with Gasteiger partial charge in [-0.05, 0) is 193 Å². The third kappa shape index (κ3) is 35.6. The number of carboxylic acid groups (broad SMARTS) is 1. The predicted octanol–water partition coefficient (Wildman–Crippen LogP) is 0.334. The minimum absolute atomic E-state index is 0.0182. The van der Waals surface area contributed by atoms with Gasteiger partial charge in [-0.25, -0.2) is 9.59 Å². The molecule has 2 saturated heterocycles. The van der Waals surface area contributed by atoms with Crippen molar-refractivity contribution in [2.24, 2.45) is 22.9 Å². The van der Waals surface area contributed by atoms with Gasteiger partial charge in [0.05, 0.1) is 18.5 Å². The van der Waals surface area contributed by atoms with Gasteiger partial charge in [0.15, 0.2) is 0 Å². The number of phenols is 1. The van der Waals surface area contributed by atoms with Crippen molar-refractivity contribution in [3.05, 3.63) is 29.8 Å².